The van der Waals surface area contributed by atoms with Crippen LogP contribution in [0.25, 0.3) is 0 Å². The van der Waals surface area contributed by atoms with Gasteiger partial charge < -0.3 is 16.0 Å². The van der Waals surface area contributed by atoms with Gasteiger partial charge in [0.2, 0.25) is 11.8 Å². The van der Waals surface area contributed by atoms with Crippen molar-refractivity contribution in [2.45, 2.75) is 40.2 Å². The SMILES string of the molecule is CC(=O)Nc1cccc(NCC(=O)NC(C)(C#N)C(C)C)c1C. The number of nitrogens with one attached hydrogen (secondary N) is 3. The van der Waals surface area contributed by atoms with Gasteiger partial charge in [-0.2, -0.15) is 5.26 Å². The maximum atomic E-state index is 12.1. The van der Waals surface area contributed by atoms with Crippen LogP contribution >= 0.6 is 0 Å². The van der Waals surface area contributed by atoms with E-state index >= 15 is 0 Å². The van der Waals surface area contributed by atoms with E-state index in [2.05, 4.69) is 22.0 Å². The Hall–Kier alpha value is -2.55. The van der Waals surface area contributed by atoms with Gasteiger partial charge in [0.25, 0.3) is 0 Å². The number of nitriles is 1. The zero-order valence-corrected chi connectivity index (χ0v) is 14.3. The van der Waals surface area contributed by atoms with Gasteiger partial charge >= 0.3 is 0 Å². The highest BCUT2D eigenvalue weighted by Crippen LogP contribution is 2.23. The van der Waals surface area contributed by atoms with Crippen LogP contribution in [0.3, 0.4) is 0 Å². The molecule has 0 spiro atoms. The number of hydrogen-bond donors (Lipinski definition) is 3. The fourth-order valence-electron chi connectivity index (χ4n) is 1.96. The number of hydrogen-bond acceptors (Lipinski definition) is 4. The van der Waals surface area contributed by atoms with E-state index in [0.717, 1.165) is 11.3 Å². The van der Waals surface area contributed by atoms with Gasteiger partial charge in [0.05, 0.1) is 12.6 Å². The molecular weight excluding hydrogens is 292 g/mol. The van der Waals surface area contributed by atoms with E-state index in [4.69, 9.17) is 0 Å². The minimum absolute atomic E-state index is 0.00119. The summed E-state index contributed by atoms with van der Waals surface area (Å²) in [4.78, 5) is 23.2. The van der Waals surface area contributed by atoms with Gasteiger partial charge in [0.15, 0.2) is 0 Å². The first-order valence-corrected chi connectivity index (χ1v) is 7.53. The lowest BCUT2D eigenvalue weighted by Crippen LogP contribution is -2.50. The summed E-state index contributed by atoms with van der Waals surface area (Å²) in [6.07, 6.45) is 0. The topological polar surface area (TPSA) is 94.0 Å². The van der Waals surface area contributed by atoms with Gasteiger partial charge in [0.1, 0.15) is 5.54 Å². The van der Waals surface area contributed by atoms with Crippen LogP contribution in [0.1, 0.15) is 33.3 Å². The molecule has 3 N–H and O–H groups in total. The molecule has 6 heteroatoms. The number of nitrogens with zero attached hydrogens (tertiary/aromatic N) is 1. The third-order valence-corrected chi connectivity index (χ3v) is 3.87. The first-order chi connectivity index (χ1) is 10.7. The molecule has 0 aliphatic heterocycles. The Bertz CT molecular complexity index is 634. The molecule has 0 saturated heterocycles. The molecule has 1 unspecified atom stereocenters. The number of carbonyl (C=O) groups is 2. The van der Waals surface area contributed by atoms with Crippen molar-refractivity contribution >= 4 is 23.2 Å². The summed E-state index contributed by atoms with van der Waals surface area (Å²) in [5.41, 5.74) is 1.41. The largest absolute Gasteiger partial charge is 0.376 e. The molecule has 0 aromatic heterocycles. The second-order valence-corrected chi connectivity index (χ2v) is 6.03. The van der Waals surface area contributed by atoms with Crippen LogP contribution in [0.2, 0.25) is 0 Å². The molecule has 124 valence electrons. The molecule has 23 heavy (non-hydrogen) atoms. The maximum Gasteiger partial charge on any atom is 0.240 e. The van der Waals surface area contributed by atoms with E-state index in [0.29, 0.717) is 5.69 Å². The Morgan fingerprint density at radius 1 is 1.30 bits per heavy atom. The van der Waals surface area contributed by atoms with Crippen molar-refractivity contribution in [1.82, 2.24) is 5.32 Å². The normalized spacial score (nSPS) is 12.9. The van der Waals surface area contributed by atoms with Crippen LogP contribution in [-0.4, -0.2) is 23.9 Å². The molecule has 0 saturated carbocycles. The smallest absolute Gasteiger partial charge is 0.240 e. The van der Waals surface area contributed by atoms with Gasteiger partial charge in [-0.3, -0.25) is 9.59 Å². The third-order valence-electron chi connectivity index (χ3n) is 3.87. The average Bonchev–Trinajstić information content (AvgIpc) is 2.47. The molecule has 0 heterocycles. The number of anilines is 2. The minimum Gasteiger partial charge on any atom is -0.376 e. The van der Waals surface area contributed by atoms with Crippen LogP contribution in [0.5, 0.6) is 0 Å². The summed E-state index contributed by atoms with van der Waals surface area (Å²) in [6.45, 7) is 8.84. The molecule has 0 aliphatic carbocycles. The van der Waals surface area contributed by atoms with E-state index in [1.54, 1.807) is 19.1 Å². The second kappa shape index (κ2) is 7.63. The Labute approximate surface area is 137 Å². The van der Waals surface area contributed by atoms with Crippen molar-refractivity contribution in [2.24, 2.45) is 5.92 Å². The average molecular weight is 316 g/mol. The van der Waals surface area contributed by atoms with Gasteiger partial charge in [-0.15, -0.1) is 0 Å². The van der Waals surface area contributed by atoms with E-state index in [1.807, 2.05) is 26.8 Å². The van der Waals surface area contributed by atoms with Gasteiger partial charge in [-0.05, 0) is 37.5 Å². The fourth-order valence-corrected chi connectivity index (χ4v) is 1.96. The third kappa shape index (κ3) is 4.99. The maximum absolute atomic E-state index is 12.1. The van der Waals surface area contributed by atoms with E-state index < -0.39 is 5.54 Å². The fraction of sp³-hybridized carbons (Fsp3) is 0.471. The molecule has 1 aromatic rings. The molecule has 0 fully saturated rings. The quantitative estimate of drug-likeness (QED) is 0.751. The lowest BCUT2D eigenvalue weighted by Gasteiger charge is -2.27. The summed E-state index contributed by atoms with van der Waals surface area (Å²) in [6, 6.07) is 7.57. The minimum atomic E-state index is -0.897. The first kappa shape index (κ1) is 18.5. The van der Waals surface area contributed by atoms with Crippen molar-refractivity contribution in [3.63, 3.8) is 0 Å². The predicted octanol–water partition coefficient (Wildman–Crippen LogP) is 2.42. The summed E-state index contributed by atoms with van der Waals surface area (Å²) in [5, 5.41) is 17.8. The van der Waals surface area contributed by atoms with Crippen LogP contribution in [0.4, 0.5) is 11.4 Å². The first-order valence-electron chi connectivity index (χ1n) is 7.53. The number of benzene rings is 1. The van der Waals surface area contributed by atoms with Crippen LogP contribution < -0.4 is 16.0 Å². The molecule has 2 amide bonds. The molecular formula is C17H24N4O2. The van der Waals surface area contributed by atoms with Crippen LogP contribution in [0.15, 0.2) is 18.2 Å². The Kier molecular flexibility index (Phi) is 6.14. The highest BCUT2D eigenvalue weighted by molar-refractivity contribution is 5.91. The zero-order chi connectivity index (χ0) is 17.6. The number of carbonyl (C=O) groups excluding carboxylic acids is 2. The predicted molar refractivity (Wildman–Crippen MR) is 91.0 cm³/mol. The highest BCUT2D eigenvalue weighted by atomic mass is 16.2. The molecule has 0 aliphatic rings. The summed E-state index contributed by atoms with van der Waals surface area (Å²) in [7, 11) is 0. The zero-order valence-electron chi connectivity index (χ0n) is 14.3. The van der Waals surface area contributed by atoms with Gasteiger partial charge in [-0.1, -0.05) is 19.9 Å². The molecule has 0 radical (unpaired) electrons. The van der Waals surface area contributed by atoms with Crippen molar-refractivity contribution in [3.8, 4) is 6.07 Å². The lowest BCUT2D eigenvalue weighted by atomic mass is 9.90. The van der Waals surface area contributed by atoms with Crippen LogP contribution in [0, 0.1) is 24.2 Å². The number of rotatable bonds is 6. The molecule has 1 rings (SSSR count). The summed E-state index contributed by atoms with van der Waals surface area (Å²) >= 11 is 0. The van der Waals surface area contributed by atoms with Crippen molar-refractivity contribution in [2.75, 3.05) is 17.2 Å². The van der Waals surface area contributed by atoms with Gasteiger partial charge in [0, 0.05) is 18.3 Å². The summed E-state index contributed by atoms with van der Waals surface area (Å²) < 4.78 is 0. The van der Waals surface area contributed by atoms with E-state index in [9.17, 15) is 14.9 Å². The van der Waals surface area contributed by atoms with Crippen molar-refractivity contribution in [3.05, 3.63) is 23.8 Å². The molecule has 1 aromatic carbocycles. The Morgan fingerprint density at radius 3 is 2.43 bits per heavy atom. The highest BCUT2D eigenvalue weighted by Gasteiger charge is 2.29. The molecule has 1 atom stereocenters. The van der Waals surface area contributed by atoms with Crippen LogP contribution in [-0.2, 0) is 9.59 Å². The Morgan fingerprint density at radius 2 is 1.91 bits per heavy atom. The van der Waals surface area contributed by atoms with Gasteiger partial charge in [-0.25, -0.2) is 0 Å². The monoisotopic (exact) mass is 316 g/mol. The second-order valence-electron chi connectivity index (χ2n) is 6.03. The van der Waals surface area contributed by atoms with Crippen molar-refractivity contribution < 1.29 is 9.59 Å². The van der Waals surface area contributed by atoms with E-state index in [-0.39, 0.29) is 24.3 Å². The molecule has 0 bridgehead atoms. The standard InChI is InChI=1S/C17H24N4O2/c1-11(2)17(5,10-18)21-16(23)9-19-14-7-6-8-15(12(14)3)20-13(4)22/h6-8,11,19H,9H2,1-5H3,(H,20,22)(H,21,23). The van der Waals surface area contributed by atoms with Crippen molar-refractivity contribution in [1.29, 1.82) is 5.26 Å². The van der Waals surface area contributed by atoms with E-state index in [1.165, 1.54) is 6.92 Å². The Balaban J connectivity index is 2.74. The molecule has 6 nitrogen and oxygen atoms in total. The summed E-state index contributed by atoms with van der Waals surface area (Å²) in [5.74, 6) is -0.405. The number of amides is 2. The lowest BCUT2D eigenvalue weighted by molar-refractivity contribution is -0.121.